The highest BCUT2D eigenvalue weighted by Gasteiger charge is 2.22. The summed E-state index contributed by atoms with van der Waals surface area (Å²) in [6.45, 7) is 3.46. The van der Waals surface area contributed by atoms with Gasteiger partial charge in [0.1, 0.15) is 0 Å². The zero-order valence-electron chi connectivity index (χ0n) is 8.53. The zero-order chi connectivity index (χ0) is 10.6. The van der Waals surface area contributed by atoms with E-state index >= 15 is 0 Å². The molecule has 14 heavy (non-hydrogen) atoms. The van der Waals surface area contributed by atoms with Gasteiger partial charge in [0, 0.05) is 25.9 Å². The monoisotopic (exact) mass is 199 g/mol. The van der Waals surface area contributed by atoms with Crippen LogP contribution in [-0.4, -0.2) is 35.0 Å². The minimum Gasteiger partial charge on any atom is -0.481 e. The molecule has 1 N–H and O–H groups in total. The Hall–Kier alpha value is -1.06. The summed E-state index contributed by atoms with van der Waals surface area (Å²) in [5.41, 5.74) is 0. The van der Waals surface area contributed by atoms with Crippen molar-refractivity contribution in [2.75, 3.05) is 13.1 Å². The third-order valence-electron chi connectivity index (χ3n) is 2.59. The molecule has 1 saturated heterocycles. The van der Waals surface area contributed by atoms with Gasteiger partial charge in [0.15, 0.2) is 0 Å². The lowest BCUT2D eigenvalue weighted by molar-refractivity contribution is -0.139. The summed E-state index contributed by atoms with van der Waals surface area (Å²) in [7, 11) is 0. The number of carbonyl (C=O) groups excluding carboxylic acids is 1. The van der Waals surface area contributed by atoms with E-state index in [-0.39, 0.29) is 12.3 Å². The number of rotatable bonds is 4. The number of likely N-dealkylation sites (tertiary alicyclic amines) is 1. The fourth-order valence-corrected chi connectivity index (χ4v) is 1.69. The van der Waals surface area contributed by atoms with Crippen molar-refractivity contribution in [2.24, 2.45) is 5.92 Å². The van der Waals surface area contributed by atoms with Gasteiger partial charge in [-0.1, -0.05) is 6.92 Å². The van der Waals surface area contributed by atoms with Gasteiger partial charge < -0.3 is 10.0 Å². The lowest BCUT2D eigenvalue weighted by Crippen LogP contribution is -2.38. The zero-order valence-corrected chi connectivity index (χ0v) is 8.53. The van der Waals surface area contributed by atoms with E-state index in [1.807, 2.05) is 0 Å². The molecule has 0 bridgehead atoms. The predicted molar refractivity (Wildman–Crippen MR) is 51.8 cm³/mol. The molecule has 1 heterocycles. The first-order valence-electron chi connectivity index (χ1n) is 5.09. The van der Waals surface area contributed by atoms with Gasteiger partial charge in [-0.15, -0.1) is 0 Å². The molecule has 1 aliphatic heterocycles. The highest BCUT2D eigenvalue weighted by molar-refractivity contribution is 5.77. The second-order valence-electron chi connectivity index (χ2n) is 3.98. The van der Waals surface area contributed by atoms with Gasteiger partial charge >= 0.3 is 5.97 Å². The Bertz CT molecular complexity index is 227. The lowest BCUT2D eigenvalue weighted by atomic mass is 9.98. The predicted octanol–water partition coefficient (Wildman–Crippen LogP) is 1.11. The molecular formula is C10H17NO3. The van der Waals surface area contributed by atoms with E-state index in [0.29, 0.717) is 25.3 Å². The van der Waals surface area contributed by atoms with Crippen molar-refractivity contribution in [1.29, 1.82) is 0 Å². The average Bonchev–Trinajstić information content (AvgIpc) is 2.08. The maximum atomic E-state index is 11.5. The molecule has 0 aromatic heterocycles. The molecule has 1 aliphatic rings. The Kier molecular flexibility index (Phi) is 3.92. The minimum absolute atomic E-state index is 0.152. The first-order valence-corrected chi connectivity index (χ1v) is 5.09. The fraction of sp³-hybridized carbons (Fsp3) is 0.800. The van der Waals surface area contributed by atoms with Crippen LogP contribution in [0.4, 0.5) is 0 Å². The van der Waals surface area contributed by atoms with Gasteiger partial charge in [-0.05, 0) is 18.8 Å². The molecular weight excluding hydrogens is 182 g/mol. The van der Waals surface area contributed by atoms with Gasteiger partial charge in [-0.25, -0.2) is 0 Å². The standard InChI is InChI=1S/C10H17NO3/c1-8-4-6-11(9(12)7-8)5-2-3-10(13)14/h8H,2-7H2,1H3,(H,13,14). The average molecular weight is 199 g/mol. The molecule has 0 aromatic carbocycles. The van der Waals surface area contributed by atoms with E-state index in [0.717, 1.165) is 13.0 Å². The van der Waals surface area contributed by atoms with Crippen LogP contribution in [0.25, 0.3) is 0 Å². The molecule has 1 atom stereocenters. The number of nitrogens with zero attached hydrogens (tertiary/aromatic N) is 1. The molecule has 1 fully saturated rings. The molecule has 4 heteroatoms. The van der Waals surface area contributed by atoms with Crippen LogP contribution in [0.2, 0.25) is 0 Å². The van der Waals surface area contributed by atoms with Gasteiger partial charge in [-0.3, -0.25) is 9.59 Å². The van der Waals surface area contributed by atoms with Gasteiger partial charge in [-0.2, -0.15) is 0 Å². The molecule has 1 unspecified atom stereocenters. The van der Waals surface area contributed by atoms with E-state index < -0.39 is 5.97 Å². The maximum absolute atomic E-state index is 11.5. The molecule has 1 amide bonds. The summed E-state index contributed by atoms with van der Waals surface area (Å²) in [4.78, 5) is 23.5. The van der Waals surface area contributed by atoms with E-state index in [1.54, 1.807) is 4.90 Å². The third kappa shape index (κ3) is 3.36. The SMILES string of the molecule is CC1CCN(CCCC(=O)O)C(=O)C1. The van der Waals surface area contributed by atoms with Crippen LogP contribution in [-0.2, 0) is 9.59 Å². The van der Waals surface area contributed by atoms with Crippen LogP contribution >= 0.6 is 0 Å². The van der Waals surface area contributed by atoms with Crippen LogP contribution in [0.15, 0.2) is 0 Å². The topological polar surface area (TPSA) is 57.6 Å². The van der Waals surface area contributed by atoms with E-state index in [1.165, 1.54) is 0 Å². The number of carboxylic acids is 1. The smallest absolute Gasteiger partial charge is 0.303 e. The van der Waals surface area contributed by atoms with E-state index in [9.17, 15) is 9.59 Å². The summed E-state index contributed by atoms with van der Waals surface area (Å²) in [6, 6.07) is 0. The fourth-order valence-electron chi connectivity index (χ4n) is 1.69. The van der Waals surface area contributed by atoms with Crippen LogP contribution in [0.5, 0.6) is 0 Å². The van der Waals surface area contributed by atoms with Crippen molar-refractivity contribution < 1.29 is 14.7 Å². The first kappa shape index (κ1) is 11.0. The van der Waals surface area contributed by atoms with Crippen LogP contribution < -0.4 is 0 Å². The lowest BCUT2D eigenvalue weighted by Gasteiger charge is -2.29. The van der Waals surface area contributed by atoms with Gasteiger partial charge in [0.05, 0.1) is 0 Å². The van der Waals surface area contributed by atoms with Gasteiger partial charge in [0.2, 0.25) is 5.91 Å². The van der Waals surface area contributed by atoms with E-state index in [2.05, 4.69) is 6.92 Å². The second kappa shape index (κ2) is 4.98. The molecule has 80 valence electrons. The quantitative estimate of drug-likeness (QED) is 0.737. The van der Waals surface area contributed by atoms with Gasteiger partial charge in [0.25, 0.3) is 0 Å². The highest BCUT2D eigenvalue weighted by atomic mass is 16.4. The number of amides is 1. The third-order valence-corrected chi connectivity index (χ3v) is 2.59. The second-order valence-corrected chi connectivity index (χ2v) is 3.98. The molecule has 0 aromatic rings. The van der Waals surface area contributed by atoms with E-state index in [4.69, 9.17) is 5.11 Å². The van der Waals surface area contributed by atoms with Crippen LogP contribution in [0.1, 0.15) is 32.6 Å². The maximum Gasteiger partial charge on any atom is 0.303 e. The summed E-state index contributed by atoms with van der Waals surface area (Å²) < 4.78 is 0. The Morgan fingerprint density at radius 2 is 2.36 bits per heavy atom. The Morgan fingerprint density at radius 1 is 1.64 bits per heavy atom. The molecule has 0 saturated carbocycles. The summed E-state index contributed by atoms with van der Waals surface area (Å²) >= 11 is 0. The summed E-state index contributed by atoms with van der Waals surface area (Å²) in [5, 5.41) is 8.45. The normalized spacial score (nSPS) is 22.5. The van der Waals surface area contributed by atoms with Crippen molar-refractivity contribution >= 4 is 11.9 Å². The number of hydrogen-bond acceptors (Lipinski definition) is 2. The number of piperidine rings is 1. The molecule has 0 spiro atoms. The number of aliphatic carboxylic acids is 1. The van der Waals surface area contributed by atoms with Crippen LogP contribution in [0, 0.1) is 5.92 Å². The molecule has 4 nitrogen and oxygen atoms in total. The minimum atomic E-state index is -0.789. The Morgan fingerprint density at radius 3 is 2.93 bits per heavy atom. The Labute approximate surface area is 83.9 Å². The first-order chi connectivity index (χ1) is 6.59. The molecule has 0 radical (unpaired) electrons. The Balaban J connectivity index is 2.24. The van der Waals surface area contributed by atoms with Crippen molar-refractivity contribution in [3.05, 3.63) is 0 Å². The summed E-state index contributed by atoms with van der Waals surface area (Å²) in [5.74, 6) is -0.129. The van der Waals surface area contributed by atoms with Crippen molar-refractivity contribution in [2.45, 2.75) is 32.6 Å². The van der Waals surface area contributed by atoms with Crippen molar-refractivity contribution in [3.63, 3.8) is 0 Å². The number of carboxylic acid groups (broad SMARTS) is 1. The summed E-state index contributed by atoms with van der Waals surface area (Å²) in [6.07, 6.45) is 2.38. The highest BCUT2D eigenvalue weighted by Crippen LogP contribution is 2.17. The van der Waals surface area contributed by atoms with Crippen molar-refractivity contribution in [3.8, 4) is 0 Å². The van der Waals surface area contributed by atoms with Crippen LogP contribution in [0.3, 0.4) is 0 Å². The molecule has 1 rings (SSSR count). The largest absolute Gasteiger partial charge is 0.481 e. The number of hydrogen-bond donors (Lipinski definition) is 1. The molecule has 0 aliphatic carbocycles. The number of carbonyl (C=O) groups is 2. The van der Waals surface area contributed by atoms with Crippen molar-refractivity contribution in [1.82, 2.24) is 4.90 Å².